The average molecular weight is 448 g/mol. The van der Waals surface area contributed by atoms with Gasteiger partial charge in [-0.05, 0) is 57.1 Å². The number of benzene rings is 1. The van der Waals surface area contributed by atoms with Crippen molar-refractivity contribution in [1.82, 2.24) is 14.9 Å². The molecule has 9 heteroatoms. The molecule has 2 saturated heterocycles. The third-order valence-electron chi connectivity index (χ3n) is 7.37. The molecule has 172 valence electrons. The molecule has 1 atom stereocenters. The summed E-state index contributed by atoms with van der Waals surface area (Å²) < 4.78 is 40.4. The zero-order valence-electron chi connectivity index (χ0n) is 17.8. The monoisotopic (exact) mass is 448 g/mol. The SMILES string of the molecule is O=C1N(C2CCC(O)CC2)CCC12CCCN(c1nc(C(F)(F)F)nc3ccccc13)C2. The van der Waals surface area contributed by atoms with Crippen molar-refractivity contribution in [3.05, 3.63) is 30.1 Å². The molecular weight excluding hydrogens is 421 g/mol. The largest absolute Gasteiger partial charge is 0.451 e. The van der Waals surface area contributed by atoms with Crippen LogP contribution in [0.4, 0.5) is 19.0 Å². The number of hydrogen-bond donors (Lipinski definition) is 1. The first kappa shape index (κ1) is 21.4. The number of nitrogens with zero attached hydrogens (tertiary/aromatic N) is 4. The van der Waals surface area contributed by atoms with E-state index in [-0.39, 0.29) is 29.4 Å². The summed E-state index contributed by atoms with van der Waals surface area (Å²) in [6, 6.07) is 6.88. The number of alkyl halides is 3. The van der Waals surface area contributed by atoms with E-state index in [4.69, 9.17) is 0 Å². The van der Waals surface area contributed by atoms with Crippen LogP contribution in [0.1, 0.15) is 50.8 Å². The van der Waals surface area contributed by atoms with Gasteiger partial charge in [-0.1, -0.05) is 12.1 Å². The van der Waals surface area contributed by atoms with Crippen LogP contribution < -0.4 is 4.90 Å². The first-order valence-electron chi connectivity index (χ1n) is 11.3. The first-order valence-corrected chi connectivity index (χ1v) is 11.3. The van der Waals surface area contributed by atoms with Crippen LogP contribution in [0.2, 0.25) is 0 Å². The highest BCUT2D eigenvalue weighted by atomic mass is 19.4. The summed E-state index contributed by atoms with van der Waals surface area (Å²) in [6.45, 7) is 1.60. The minimum atomic E-state index is -4.64. The maximum absolute atomic E-state index is 13.6. The maximum Gasteiger partial charge on any atom is 0.451 e. The van der Waals surface area contributed by atoms with Crippen LogP contribution in [-0.2, 0) is 11.0 Å². The van der Waals surface area contributed by atoms with E-state index < -0.39 is 17.4 Å². The molecule has 3 heterocycles. The molecule has 6 nitrogen and oxygen atoms in total. The number of carbonyl (C=O) groups is 1. The lowest BCUT2D eigenvalue weighted by Crippen LogP contribution is -2.50. The molecule has 5 rings (SSSR count). The van der Waals surface area contributed by atoms with Gasteiger partial charge >= 0.3 is 6.18 Å². The first-order chi connectivity index (χ1) is 15.3. The van der Waals surface area contributed by atoms with Crippen LogP contribution in [0.5, 0.6) is 0 Å². The molecule has 1 aliphatic carbocycles. The number of hydrogen-bond acceptors (Lipinski definition) is 5. The number of halogens is 3. The molecule has 1 amide bonds. The maximum atomic E-state index is 13.6. The Labute approximate surface area is 184 Å². The van der Waals surface area contributed by atoms with Crippen LogP contribution >= 0.6 is 0 Å². The molecule has 0 radical (unpaired) electrons. The molecule has 1 spiro atoms. The quantitative estimate of drug-likeness (QED) is 0.758. The molecule has 1 aromatic heterocycles. The van der Waals surface area contributed by atoms with Gasteiger partial charge in [0.25, 0.3) is 0 Å². The van der Waals surface area contributed by atoms with E-state index in [0.717, 1.165) is 25.7 Å². The number of fused-ring (bicyclic) bond motifs is 1. The number of carbonyl (C=O) groups excluding carboxylic acids is 1. The summed E-state index contributed by atoms with van der Waals surface area (Å²) >= 11 is 0. The molecule has 3 aliphatic rings. The fourth-order valence-electron chi connectivity index (χ4n) is 5.68. The number of likely N-dealkylation sites (tertiary alicyclic amines) is 1. The third kappa shape index (κ3) is 3.70. The van der Waals surface area contributed by atoms with Gasteiger partial charge < -0.3 is 14.9 Å². The predicted octanol–water partition coefficient (Wildman–Crippen LogP) is 3.77. The highest BCUT2D eigenvalue weighted by Gasteiger charge is 2.51. The summed E-state index contributed by atoms with van der Waals surface area (Å²) in [6.07, 6.45) is 0.273. The van der Waals surface area contributed by atoms with E-state index in [1.165, 1.54) is 0 Å². The van der Waals surface area contributed by atoms with Gasteiger partial charge in [0.2, 0.25) is 11.7 Å². The smallest absolute Gasteiger partial charge is 0.393 e. The van der Waals surface area contributed by atoms with Crippen LogP contribution in [0, 0.1) is 5.41 Å². The fourth-order valence-corrected chi connectivity index (χ4v) is 5.68. The molecule has 3 fully saturated rings. The van der Waals surface area contributed by atoms with Crippen LogP contribution in [0.25, 0.3) is 10.9 Å². The van der Waals surface area contributed by atoms with E-state index >= 15 is 0 Å². The molecule has 32 heavy (non-hydrogen) atoms. The standard InChI is InChI=1S/C23H27F3N4O2/c24-23(25,26)20-27-18-5-2-1-4-17(18)19(28-20)29-12-3-10-22(14-29)11-13-30(21(22)32)15-6-8-16(31)9-7-15/h1-2,4-5,15-16,31H,3,6-14H2. The second kappa shape index (κ2) is 7.86. The van der Waals surface area contributed by atoms with Gasteiger partial charge in [-0.15, -0.1) is 0 Å². The van der Waals surface area contributed by atoms with E-state index in [2.05, 4.69) is 9.97 Å². The second-order valence-corrected chi connectivity index (χ2v) is 9.40. The Morgan fingerprint density at radius 3 is 2.53 bits per heavy atom. The Morgan fingerprint density at radius 2 is 1.78 bits per heavy atom. The van der Waals surface area contributed by atoms with Crippen molar-refractivity contribution in [3.8, 4) is 0 Å². The summed E-state index contributed by atoms with van der Waals surface area (Å²) in [5.41, 5.74) is -0.330. The minimum Gasteiger partial charge on any atom is -0.393 e. The Hall–Kier alpha value is -2.42. The van der Waals surface area contributed by atoms with Crippen LogP contribution in [0.3, 0.4) is 0 Å². The topological polar surface area (TPSA) is 69.6 Å². The van der Waals surface area contributed by atoms with Crippen molar-refractivity contribution in [2.24, 2.45) is 5.41 Å². The molecule has 1 unspecified atom stereocenters. The van der Waals surface area contributed by atoms with Gasteiger partial charge in [0.1, 0.15) is 5.82 Å². The number of anilines is 1. The zero-order chi connectivity index (χ0) is 22.5. The summed E-state index contributed by atoms with van der Waals surface area (Å²) in [7, 11) is 0. The zero-order valence-corrected chi connectivity index (χ0v) is 17.8. The number of rotatable bonds is 2. The van der Waals surface area contributed by atoms with Crippen molar-refractivity contribution in [2.75, 3.05) is 24.5 Å². The molecular formula is C23H27F3N4O2. The van der Waals surface area contributed by atoms with Gasteiger partial charge in [-0.3, -0.25) is 4.79 Å². The van der Waals surface area contributed by atoms with Crippen LogP contribution in [0.15, 0.2) is 24.3 Å². The van der Waals surface area contributed by atoms with E-state index in [0.29, 0.717) is 44.3 Å². The number of aromatic nitrogens is 2. The number of amides is 1. The third-order valence-corrected chi connectivity index (χ3v) is 7.37. The molecule has 2 aromatic rings. The number of piperidine rings is 1. The lowest BCUT2D eigenvalue weighted by molar-refractivity contribution is -0.144. The van der Waals surface area contributed by atoms with Crippen molar-refractivity contribution in [3.63, 3.8) is 0 Å². The molecule has 1 N–H and O–H groups in total. The highest BCUT2D eigenvalue weighted by Crippen LogP contribution is 2.44. The molecule has 1 saturated carbocycles. The summed E-state index contributed by atoms with van der Waals surface area (Å²) in [5.74, 6) is -0.780. The van der Waals surface area contributed by atoms with Gasteiger partial charge in [0.05, 0.1) is 17.0 Å². The number of aliphatic hydroxyl groups is 1. The van der Waals surface area contributed by atoms with Gasteiger partial charge in [-0.2, -0.15) is 13.2 Å². The Balaban J connectivity index is 1.45. The fraction of sp³-hybridized carbons (Fsp3) is 0.609. The second-order valence-electron chi connectivity index (χ2n) is 9.40. The van der Waals surface area contributed by atoms with Gasteiger partial charge in [0.15, 0.2) is 0 Å². The average Bonchev–Trinajstić information content (AvgIpc) is 3.08. The van der Waals surface area contributed by atoms with Crippen molar-refractivity contribution < 1.29 is 23.1 Å². The lowest BCUT2D eigenvalue weighted by Gasteiger charge is -2.41. The van der Waals surface area contributed by atoms with Gasteiger partial charge in [-0.25, -0.2) is 9.97 Å². The molecule has 0 bridgehead atoms. The van der Waals surface area contributed by atoms with Crippen molar-refractivity contribution in [2.45, 2.75) is 63.3 Å². The summed E-state index contributed by atoms with van der Waals surface area (Å²) in [4.78, 5) is 25.0. The van der Waals surface area contributed by atoms with Gasteiger partial charge in [0, 0.05) is 31.1 Å². The Kier molecular flexibility index (Phi) is 5.27. The normalized spacial score (nSPS) is 29.3. The highest BCUT2D eigenvalue weighted by molar-refractivity contribution is 5.91. The van der Waals surface area contributed by atoms with E-state index in [1.807, 2.05) is 9.80 Å². The van der Waals surface area contributed by atoms with Crippen molar-refractivity contribution in [1.29, 1.82) is 0 Å². The summed E-state index contributed by atoms with van der Waals surface area (Å²) in [5, 5.41) is 10.4. The molecule has 1 aromatic carbocycles. The Bertz CT molecular complexity index is 1020. The number of aliphatic hydroxyl groups excluding tert-OH is 1. The minimum absolute atomic E-state index is 0.109. The number of para-hydroxylation sites is 1. The van der Waals surface area contributed by atoms with Crippen molar-refractivity contribution >= 4 is 22.6 Å². The van der Waals surface area contributed by atoms with E-state index in [1.54, 1.807) is 24.3 Å². The van der Waals surface area contributed by atoms with Crippen LogP contribution in [-0.4, -0.2) is 57.7 Å². The predicted molar refractivity (Wildman–Crippen MR) is 113 cm³/mol. The molecule has 2 aliphatic heterocycles. The lowest BCUT2D eigenvalue weighted by atomic mass is 9.78. The Morgan fingerprint density at radius 1 is 1.03 bits per heavy atom. The van der Waals surface area contributed by atoms with E-state index in [9.17, 15) is 23.1 Å².